The van der Waals surface area contributed by atoms with Crippen LogP contribution in [0.15, 0.2) is 15.6 Å². The third kappa shape index (κ3) is 6.72. The van der Waals surface area contributed by atoms with Gasteiger partial charge in [0.05, 0.1) is 12.7 Å². The number of oxazole rings is 1. The molecule has 0 radical (unpaired) electrons. The minimum Gasteiger partial charge on any atom is -0.443 e. The zero-order valence-electron chi connectivity index (χ0n) is 16.9. The molecule has 0 unspecified atom stereocenters. The smallest absolute Gasteiger partial charge is 0.213 e. The van der Waals surface area contributed by atoms with Crippen LogP contribution in [0.4, 0.5) is 0 Å². The standard InChI is InChI=1S/C19H34N4O2.HI/c1-18(2,3)15-12-21-16(25-15)13-22-17(20-4)23-14-19(10-11-24-5)8-6-7-9-19;/h12H,6-11,13-14H2,1-5H3,(H2,20,22,23);1H. The summed E-state index contributed by atoms with van der Waals surface area (Å²) in [5, 5.41) is 6.78. The highest BCUT2D eigenvalue weighted by molar-refractivity contribution is 14.0. The first kappa shape index (κ1) is 23.2. The molecule has 150 valence electrons. The number of aromatic nitrogens is 1. The Morgan fingerprint density at radius 2 is 2.00 bits per heavy atom. The number of methoxy groups -OCH3 is 1. The molecule has 1 saturated carbocycles. The maximum atomic E-state index is 5.82. The van der Waals surface area contributed by atoms with E-state index in [1.807, 2.05) is 6.20 Å². The number of nitrogens with zero attached hydrogens (tertiary/aromatic N) is 2. The van der Waals surface area contributed by atoms with Crippen LogP contribution < -0.4 is 10.6 Å². The average molecular weight is 478 g/mol. The van der Waals surface area contributed by atoms with Crippen molar-refractivity contribution in [3.05, 3.63) is 17.8 Å². The molecule has 2 N–H and O–H groups in total. The highest BCUT2D eigenvalue weighted by Gasteiger charge is 2.33. The van der Waals surface area contributed by atoms with Gasteiger partial charge in [-0.3, -0.25) is 4.99 Å². The SMILES string of the molecule is CN=C(NCc1ncc(C(C)(C)C)o1)NCC1(CCOC)CCCC1.I. The zero-order valence-corrected chi connectivity index (χ0v) is 19.2. The van der Waals surface area contributed by atoms with E-state index in [1.165, 1.54) is 25.7 Å². The van der Waals surface area contributed by atoms with Crippen molar-refractivity contribution in [2.45, 2.75) is 64.8 Å². The first-order chi connectivity index (χ1) is 11.9. The Morgan fingerprint density at radius 1 is 1.31 bits per heavy atom. The molecule has 0 aliphatic heterocycles. The summed E-state index contributed by atoms with van der Waals surface area (Å²) in [5.41, 5.74) is 0.303. The molecule has 1 aliphatic rings. The summed E-state index contributed by atoms with van der Waals surface area (Å²) < 4.78 is 11.1. The lowest BCUT2D eigenvalue weighted by molar-refractivity contribution is 0.138. The Kier molecular flexibility index (Phi) is 9.36. The van der Waals surface area contributed by atoms with Crippen molar-refractivity contribution in [1.82, 2.24) is 15.6 Å². The molecule has 0 spiro atoms. The van der Waals surface area contributed by atoms with Gasteiger partial charge < -0.3 is 19.8 Å². The third-order valence-electron chi connectivity index (χ3n) is 5.05. The van der Waals surface area contributed by atoms with E-state index in [2.05, 4.69) is 41.4 Å². The lowest BCUT2D eigenvalue weighted by atomic mass is 9.83. The second-order valence-electron chi connectivity index (χ2n) is 8.10. The molecule has 2 rings (SSSR count). The molecule has 0 amide bonds. The topological polar surface area (TPSA) is 71.7 Å². The highest BCUT2D eigenvalue weighted by atomic mass is 127. The van der Waals surface area contributed by atoms with Crippen molar-refractivity contribution in [3.8, 4) is 0 Å². The highest BCUT2D eigenvalue weighted by Crippen LogP contribution is 2.40. The Bertz CT molecular complexity index is 560. The average Bonchev–Trinajstić information content (AvgIpc) is 3.23. The van der Waals surface area contributed by atoms with Gasteiger partial charge in [-0.05, 0) is 24.7 Å². The zero-order chi connectivity index (χ0) is 18.3. The molecule has 1 fully saturated rings. The largest absolute Gasteiger partial charge is 0.443 e. The van der Waals surface area contributed by atoms with Crippen molar-refractivity contribution < 1.29 is 9.15 Å². The fraction of sp³-hybridized carbons (Fsp3) is 0.789. The normalized spacial score (nSPS) is 17.0. The monoisotopic (exact) mass is 478 g/mol. The second kappa shape index (κ2) is 10.5. The van der Waals surface area contributed by atoms with Crippen LogP contribution in [0.5, 0.6) is 0 Å². The molecular weight excluding hydrogens is 443 g/mol. The van der Waals surface area contributed by atoms with E-state index in [4.69, 9.17) is 9.15 Å². The third-order valence-corrected chi connectivity index (χ3v) is 5.05. The number of halogens is 1. The molecule has 0 aromatic carbocycles. The van der Waals surface area contributed by atoms with Gasteiger partial charge in [0.15, 0.2) is 5.96 Å². The summed E-state index contributed by atoms with van der Waals surface area (Å²) in [6.45, 7) is 8.63. The van der Waals surface area contributed by atoms with Gasteiger partial charge in [0.2, 0.25) is 5.89 Å². The Morgan fingerprint density at radius 3 is 2.54 bits per heavy atom. The Labute approximate surface area is 175 Å². The van der Waals surface area contributed by atoms with Crippen molar-refractivity contribution >= 4 is 29.9 Å². The molecule has 1 heterocycles. The summed E-state index contributed by atoms with van der Waals surface area (Å²) in [7, 11) is 3.57. The maximum Gasteiger partial charge on any atom is 0.213 e. The predicted molar refractivity (Wildman–Crippen MR) is 116 cm³/mol. The molecule has 0 saturated heterocycles. The van der Waals surface area contributed by atoms with Crippen molar-refractivity contribution in [2.24, 2.45) is 10.4 Å². The van der Waals surface area contributed by atoms with Crippen molar-refractivity contribution in [3.63, 3.8) is 0 Å². The summed E-state index contributed by atoms with van der Waals surface area (Å²) in [5.74, 6) is 2.37. The Hall–Kier alpha value is -0.830. The van der Waals surface area contributed by atoms with Crippen LogP contribution in [0.25, 0.3) is 0 Å². The number of hydrogen-bond acceptors (Lipinski definition) is 4. The summed E-state index contributed by atoms with van der Waals surface area (Å²) >= 11 is 0. The van der Waals surface area contributed by atoms with Gasteiger partial charge in [-0.2, -0.15) is 0 Å². The fourth-order valence-electron chi connectivity index (χ4n) is 3.35. The molecule has 26 heavy (non-hydrogen) atoms. The first-order valence-electron chi connectivity index (χ1n) is 9.27. The number of nitrogens with one attached hydrogen (secondary N) is 2. The lowest BCUT2D eigenvalue weighted by Crippen LogP contribution is -2.43. The minimum absolute atomic E-state index is 0. The fourth-order valence-corrected chi connectivity index (χ4v) is 3.35. The van der Waals surface area contributed by atoms with E-state index < -0.39 is 0 Å². The number of ether oxygens (including phenoxy) is 1. The van der Waals surface area contributed by atoms with Gasteiger partial charge in [0.25, 0.3) is 0 Å². The molecule has 6 nitrogen and oxygen atoms in total. The van der Waals surface area contributed by atoms with Gasteiger partial charge >= 0.3 is 0 Å². The summed E-state index contributed by atoms with van der Waals surface area (Å²) in [4.78, 5) is 8.68. The number of guanidine groups is 1. The van der Waals surface area contributed by atoms with E-state index >= 15 is 0 Å². The van der Waals surface area contributed by atoms with Crippen LogP contribution in [-0.4, -0.2) is 38.3 Å². The van der Waals surface area contributed by atoms with Gasteiger partial charge in [-0.1, -0.05) is 33.6 Å². The minimum atomic E-state index is -0.0264. The number of aliphatic imine (C=N–C) groups is 1. The molecule has 0 bridgehead atoms. The summed E-state index contributed by atoms with van der Waals surface area (Å²) in [6, 6.07) is 0. The van der Waals surface area contributed by atoms with E-state index in [-0.39, 0.29) is 29.4 Å². The van der Waals surface area contributed by atoms with Crippen molar-refractivity contribution in [1.29, 1.82) is 0 Å². The van der Waals surface area contributed by atoms with E-state index in [0.717, 1.165) is 31.3 Å². The van der Waals surface area contributed by atoms with E-state index in [1.54, 1.807) is 14.2 Å². The molecule has 1 aromatic rings. The Balaban J connectivity index is 0.00000338. The van der Waals surface area contributed by atoms with Crippen LogP contribution in [0.3, 0.4) is 0 Å². The summed E-state index contributed by atoms with van der Waals surface area (Å²) in [6.07, 6.45) is 8.05. The van der Waals surface area contributed by atoms with Gasteiger partial charge in [-0.15, -0.1) is 24.0 Å². The molecule has 1 aromatic heterocycles. The van der Waals surface area contributed by atoms with Gasteiger partial charge in [0, 0.05) is 32.7 Å². The quantitative estimate of drug-likeness (QED) is 0.354. The van der Waals surface area contributed by atoms with Crippen LogP contribution in [0.2, 0.25) is 0 Å². The molecule has 7 heteroatoms. The first-order valence-corrected chi connectivity index (χ1v) is 9.27. The van der Waals surface area contributed by atoms with Crippen LogP contribution in [0.1, 0.15) is 64.5 Å². The van der Waals surface area contributed by atoms with Crippen molar-refractivity contribution in [2.75, 3.05) is 27.3 Å². The second-order valence-corrected chi connectivity index (χ2v) is 8.10. The lowest BCUT2D eigenvalue weighted by Gasteiger charge is -2.29. The molecule has 1 aliphatic carbocycles. The number of hydrogen-bond donors (Lipinski definition) is 2. The van der Waals surface area contributed by atoms with Gasteiger partial charge in [-0.25, -0.2) is 4.98 Å². The van der Waals surface area contributed by atoms with Crippen LogP contribution in [0, 0.1) is 5.41 Å². The predicted octanol–water partition coefficient (Wildman–Crippen LogP) is 3.85. The maximum absolute atomic E-state index is 5.82. The van der Waals surface area contributed by atoms with E-state index in [9.17, 15) is 0 Å². The van der Waals surface area contributed by atoms with Gasteiger partial charge in [0.1, 0.15) is 5.76 Å². The van der Waals surface area contributed by atoms with Crippen LogP contribution >= 0.6 is 24.0 Å². The van der Waals surface area contributed by atoms with E-state index in [0.29, 0.717) is 17.9 Å². The molecular formula is C19H35IN4O2. The number of rotatable bonds is 7. The van der Waals surface area contributed by atoms with Crippen LogP contribution in [-0.2, 0) is 16.7 Å². The molecule has 0 atom stereocenters.